The minimum absolute atomic E-state index is 0.0182. The second-order valence-corrected chi connectivity index (χ2v) is 3.83. The maximum absolute atomic E-state index is 13.5. The largest absolute Gasteiger partial charge is 0.256 e. The second kappa shape index (κ2) is 5.25. The Morgan fingerprint density at radius 3 is 1.90 bits per heavy atom. The van der Waals surface area contributed by atoms with Gasteiger partial charge in [-0.3, -0.25) is 4.98 Å². The summed E-state index contributed by atoms with van der Waals surface area (Å²) in [5.74, 6) is -10.2. The Balaban J connectivity index is 2.61. The van der Waals surface area contributed by atoms with Gasteiger partial charge in [-0.1, -0.05) is 6.07 Å². The van der Waals surface area contributed by atoms with Gasteiger partial charge in [-0.25, -0.2) is 22.0 Å². The molecule has 0 fully saturated rings. The van der Waals surface area contributed by atoms with Crippen LogP contribution in [0.5, 0.6) is 0 Å². The average Bonchev–Trinajstić information content (AvgIpc) is 2.45. The summed E-state index contributed by atoms with van der Waals surface area (Å²) in [6.07, 6.45) is 1.15. The van der Waals surface area contributed by atoms with Gasteiger partial charge < -0.3 is 0 Å². The number of hydrogen-bond donors (Lipinski definition) is 0. The molecule has 2 rings (SSSR count). The Morgan fingerprint density at radius 2 is 1.45 bits per heavy atom. The molecular formula is C13H5F5N2. The molecule has 0 bridgehead atoms. The third kappa shape index (κ3) is 2.20. The fourth-order valence-corrected chi connectivity index (χ4v) is 1.60. The number of rotatable bonds is 2. The molecule has 0 amide bonds. The highest BCUT2D eigenvalue weighted by atomic mass is 19.2. The van der Waals surface area contributed by atoms with E-state index < -0.39 is 40.3 Å². The molecule has 1 aromatic carbocycles. The van der Waals surface area contributed by atoms with Gasteiger partial charge in [0.25, 0.3) is 0 Å². The van der Waals surface area contributed by atoms with Crippen molar-refractivity contribution < 1.29 is 22.0 Å². The molecule has 0 unspecified atom stereocenters. The average molecular weight is 284 g/mol. The van der Waals surface area contributed by atoms with Crippen molar-refractivity contribution in [2.75, 3.05) is 0 Å². The lowest BCUT2D eigenvalue weighted by molar-refractivity contribution is 0.381. The molecule has 1 heterocycles. The Kier molecular flexibility index (Phi) is 3.66. The number of hydrogen-bond acceptors (Lipinski definition) is 2. The van der Waals surface area contributed by atoms with Gasteiger partial charge in [-0.15, -0.1) is 0 Å². The molecule has 0 atom stereocenters. The summed E-state index contributed by atoms with van der Waals surface area (Å²) in [5, 5.41) is 8.46. The third-order valence-corrected chi connectivity index (χ3v) is 2.57. The molecule has 0 aliphatic rings. The van der Waals surface area contributed by atoms with Crippen LogP contribution in [0.4, 0.5) is 22.0 Å². The number of benzene rings is 1. The molecule has 2 aromatic rings. The van der Waals surface area contributed by atoms with Gasteiger partial charge in [0.15, 0.2) is 23.3 Å². The fourth-order valence-electron chi connectivity index (χ4n) is 1.60. The first-order valence-corrected chi connectivity index (χ1v) is 5.31. The van der Waals surface area contributed by atoms with Crippen molar-refractivity contribution in [3.8, 4) is 17.3 Å². The molecule has 1 aromatic heterocycles. The van der Waals surface area contributed by atoms with Gasteiger partial charge in [0.1, 0.15) is 0 Å². The van der Waals surface area contributed by atoms with E-state index in [4.69, 9.17) is 5.26 Å². The van der Waals surface area contributed by atoms with Crippen LogP contribution in [-0.2, 0) is 6.42 Å². The third-order valence-electron chi connectivity index (χ3n) is 2.57. The van der Waals surface area contributed by atoms with Gasteiger partial charge in [-0.05, 0) is 11.6 Å². The van der Waals surface area contributed by atoms with Crippen LogP contribution < -0.4 is 0 Å². The first-order valence-electron chi connectivity index (χ1n) is 5.31. The zero-order chi connectivity index (χ0) is 14.9. The van der Waals surface area contributed by atoms with Crippen LogP contribution in [0.3, 0.4) is 0 Å². The smallest absolute Gasteiger partial charge is 0.200 e. The highest BCUT2D eigenvalue weighted by Crippen LogP contribution is 2.30. The van der Waals surface area contributed by atoms with Crippen molar-refractivity contribution in [3.63, 3.8) is 0 Å². The predicted molar refractivity (Wildman–Crippen MR) is 58.8 cm³/mol. The molecule has 0 saturated heterocycles. The lowest BCUT2D eigenvalue weighted by Crippen LogP contribution is -2.05. The monoisotopic (exact) mass is 284 g/mol. The van der Waals surface area contributed by atoms with E-state index in [1.807, 2.05) is 6.07 Å². The molecule has 0 aliphatic carbocycles. The van der Waals surface area contributed by atoms with Crippen LogP contribution in [0, 0.1) is 40.4 Å². The van der Waals surface area contributed by atoms with Crippen molar-refractivity contribution in [2.45, 2.75) is 6.42 Å². The Bertz CT molecular complexity index is 675. The maximum atomic E-state index is 13.5. The molecule has 0 N–H and O–H groups in total. The lowest BCUT2D eigenvalue weighted by Gasteiger charge is -2.07. The minimum Gasteiger partial charge on any atom is -0.256 e. The van der Waals surface area contributed by atoms with E-state index in [2.05, 4.69) is 4.98 Å². The molecule has 7 heteroatoms. The van der Waals surface area contributed by atoms with E-state index in [0.717, 1.165) is 12.3 Å². The van der Waals surface area contributed by atoms with E-state index in [-0.39, 0.29) is 6.42 Å². The van der Waals surface area contributed by atoms with Crippen molar-refractivity contribution >= 4 is 0 Å². The van der Waals surface area contributed by atoms with Crippen molar-refractivity contribution in [1.29, 1.82) is 5.26 Å². The Hall–Kier alpha value is -2.49. The van der Waals surface area contributed by atoms with Gasteiger partial charge >= 0.3 is 0 Å². The van der Waals surface area contributed by atoms with E-state index in [1.54, 1.807) is 0 Å². The molecule has 2 nitrogen and oxygen atoms in total. The number of nitrogens with zero attached hydrogens (tertiary/aromatic N) is 2. The number of aromatic nitrogens is 1. The standard InChI is InChI=1S/C13H5F5N2/c14-9-8(10(15)12(17)13(18)11(9)16)7-2-1-6(3-4-19)5-20-7/h1-2,5H,3H2. The lowest BCUT2D eigenvalue weighted by atomic mass is 10.1. The van der Waals surface area contributed by atoms with Crippen LogP contribution in [0.2, 0.25) is 0 Å². The zero-order valence-electron chi connectivity index (χ0n) is 9.72. The van der Waals surface area contributed by atoms with Gasteiger partial charge in [-0.2, -0.15) is 5.26 Å². The van der Waals surface area contributed by atoms with Crippen molar-refractivity contribution in [3.05, 3.63) is 53.0 Å². The highest BCUT2D eigenvalue weighted by molar-refractivity contribution is 5.61. The van der Waals surface area contributed by atoms with Gasteiger partial charge in [0, 0.05) is 6.20 Å². The van der Waals surface area contributed by atoms with Gasteiger partial charge in [0.05, 0.1) is 23.7 Å². The SMILES string of the molecule is N#CCc1ccc(-c2c(F)c(F)c(F)c(F)c2F)nc1. The maximum Gasteiger partial charge on any atom is 0.200 e. The van der Waals surface area contributed by atoms with Crippen LogP contribution >= 0.6 is 0 Å². The normalized spacial score (nSPS) is 10.4. The number of pyridine rings is 1. The summed E-state index contributed by atoms with van der Waals surface area (Å²) in [5.41, 5.74) is -1.04. The molecule has 0 aliphatic heterocycles. The first-order chi connectivity index (χ1) is 9.47. The summed E-state index contributed by atoms with van der Waals surface area (Å²) in [4.78, 5) is 3.61. The van der Waals surface area contributed by atoms with Crippen LogP contribution in [-0.4, -0.2) is 4.98 Å². The zero-order valence-corrected chi connectivity index (χ0v) is 9.72. The first kappa shape index (κ1) is 13.9. The fraction of sp³-hybridized carbons (Fsp3) is 0.0769. The topological polar surface area (TPSA) is 36.7 Å². The predicted octanol–water partition coefficient (Wildman–Crippen LogP) is 3.51. The Labute approximate surface area is 110 Å². The van der Waals surface area contributed by atoms with Gasteiger partial charge in [0.2, 0.25) is 5.82 Å². The van der Waals surface area contributed by atoms with Crippen LogP contribution in [0.25, 0.3) is 11.3 Å². The van der Waals surface area contributed by atoms with Crippen molar-refractivity contribution in [2.24, 2.45) is 0 Å². The quantitative estimate of drug-likeness (QED) is 0.480. The van der Waals surface area contributed by atoms with E-state index in [9.17, 15) is 22.0 Å². The summed E-state index contributed by atoms with van der Waals surface area (Å²) >= 11 is 0. The van der Waals surface area contributed by atoms with Crippen LogP contribution in [0.15, 0.2) is 18.3 Å². The van der Waals surface area contributed by atoms with E-state index >= 15 is 0 Å². The van der Waals surface area contributed by atoms with Crippen LogP contribution in [0.1, 0.15) is 5.56 Å². The molecule has 0 spiro atoms. The van der Waals surface area contributed by atoms with E-state index in [0.29, 0.717) is 5.56 Å². The minimum atomic E-state index is -2.22. The summed E-state index contributed by atoms with van der Waals surface area (Å²) in [7, 11) is 0. The summed E-state index contributed by atoms with van der Waals surface area (Å²) < 4.78 is 66.1. The second-order valence-electron chi connectivity index (χ2n) is 3.83. The molecule has 102 valence electrons. The Morgan fingerprint density at radius 1 is 0.900 bits per heavy atom. The highest BCUT2D eigenvalue weighted by Gasteiger charge is 2.27. The summed E-state index contributed by atoms with van der Waals surface area (Å²) in [6.45, 7) is 0. The van der Waals surface area contributed by atoms with Crippen molar-refractivity contribution in [1.82, 2.24) is 4.98 Å². The molecule has 0 saturated carbocycles. The molecule has 20 heavy (non-hydrogen) atoms. The molecular weight excluding hydrogens is 279 g/mol. The number of halogens is 5. The number of nitriles is 1. The molecule has 0 radical (unpaired) electrons. The van der Waals surface area contributed by atoms with E-state index in [1.165, 1.54) is 6.07 Å². The summed E-state index contributed by atoms with van der Waals surface area (Å²) in [6, 6.07) is 4.25.